The zero-order chi connectivity index (χ0) is 12.4. The van der Waals surface area contributed by atoms with Gasteiger partial charge in [-0.05, 0) is 48.2 Å². The van der Waals surface area contributed by atoms with Crippen LogP contribution in [0.4, 0.5) is 0 Å². The summed E-state index contributed by atoms with van der Waals surface area (Å²) < 4.78 is 0. The van der Waals surface area contributed by atoms with E-state index in [-0.39, 0.29) is 0 Å². The van der Waals surface area contributed by atoms with Gasteiger partial charge in [0, 0.05) is 17.1 Å². The molecule has 1 nitrogen and oxygen atoms in total. The average Bonchev–Trinajstić information content (AvgIpc) is 2.34. The third-order valence-corrected chi connectivity index (χ3v) is 3.42. The first kappa shape index (κ1) is 12.2. The normalized spacial score (nSPS) is 10.6. The molecule has 2 aromatic rings. The van der Waals surface area contributed by atoms with Gasteiger partial charge in [0.1, 0.15) is 0 Å². The third-order valence-electron chi connectivity index (χ3n) is 3.11. The summed E-state index contributed by atoms with van der Waals surface area (Å²) >= 11 is 6.32. The molecular weight excluding hydrogens is 230 g/mol. The lowest BCUT2D eigenvalue weighted by Gasteiger charge is -2.12. The lowest BCUT2D eigenvalue weighted by atomic mass is 9.96. The molecule has 0 unspecified atom stereocenters. The second kappa shape index (κ2) is 4.91. The van der Waals surface area contributed by atoms with Crippen LogP contribution >= 0.6 is 11.6 Å². The van der Waals surface area contributed by atoms with E-state index in [0.717, 1.165) is 21.7 Å². The lowest BCUT2D eigenvalue weighted by Crippen LogP contribution is -1.99. The molecule has 0 spiro atoms. The van der Waals surface area contributed by atoms with Gasteiger partial charge in [0.05, 0.1) is 0 Å². The predicted molar refractivity (Wildman–Crippen MR) is 74.3 cm³/mol. The number of rotatable bonds is 2. The second-order valence-electron chi connectivity index (χ2n) is 4.28. The van der Waals surface area contributed by atoms with Crippen LogP contribution in [0.1, 0.15) is 16.7 Å². The second-order valence-corrected chi connectivity index (χ2v) is 4.68. The fraction of sp³-hybridized carbons (Fsp3) is 0.200. The van der Waals surface area contributed by atoms with Crippen molar-refractivity contribution in [3.8, 4) is 11.1 Å². The van der Waals surface area contributed by atoms with Gasteiger partial charge in [-0.1, -0.05) is 35.9 Å². The SMILES string of the molecule is Cc1cc(Cl)c(-c2ccccc2CN)cc1C. The number of aryl methyl sites for hydroxylation is 2. The minimum absolute atomic E-state index is 0.527. The van der Waals surface area contributed by atoms with Crippen molar-refractivity contribution in [2.75, 3.05) is 0 Å². The van der Waals surface area contributed by atoms with E-state index in [1.807, 2.05) is 24.3 Å². The van der Waals surface area contributed by atoms with Gasteiger partial charge in [0.15, 0.2) is 0 Å². The van der Waals surface area contributed by atoms with Crippen LogP contribution in [0, 0.1) is 13.8 Å². The number of nitrogens with two attached hydrogens (primary N) is 1. The molecule has 0 aliphatic rings. The van der Waals surface area contributed by atoms with Crippen molar-refractivity contribution in [1.29, 1.82) is 0 Å². The Labute approximate surface area is 107 Å². The molecule has 17 heavy (non-hydrogen) atoms. The summed E-state index contributed by atoms with van der Waals surface area (Å²) in [5.41, 5.74) is 11.5. The topological polar surface area (TPSA) is 26.0 Å². The van der Waals surface area contributed by atoms with Crippen LogP contribution in [0.3, 0.4) is 0 Å². The molecule has 2 N–H and O–H groups in total. The molecule has 88 valence electrons. The molecule has 0 heterocycles. The van der Waals surface area contributed by atoms with E-state index < -0.39 is 0 Å². The zero-order valence-corrected chi connectivity index (χ0v) is 10.9. The first-order valence-electron chi connectivity index (χ1n) is 5.68. The highest BCUT2D eigenvalue weighted by Gasteiger charge is 2.09. The van der Waals surface area contributed by atoms with Crippen molar-refractivity contribution in [3.05, 3.63) is 58.1 Å². The Hall–Kier alpha value is -1.31. The van der Waals surface area contributed by atoms with Gasteiger partial charge in [0.25, 0.3) is 0 Å². The van der Waals surface area contributed by atoms with E-state index in [2.05, 4.69) is 26.0 Å². The molecule has 0 aliphatic carbocycles. The molecular formula is C15H16ClN. The van der Waals surface area contributed by atoms with E-state index in [4.69, 9.17) is 17.3 Å². The Morgan fingerprint density at radius 3 is 2.35 bits per heavy atom. The summed E-state index contributed by atoms with van der Waals surface area (Å²) in [5.74, 6) is 0. The van der Waals surface area contributed by atoms with E-state index in [1.165, 1.54) is 11.1 Å². The zero-order valence-electron chi connectivity index (χ0n) is 10.1. The van der Waals surface area contributed by atoms with Crippen molar-refractivity contribution < 1.29 is 0 Å². The van der Waals surface area contributed by atoms with Gasteiger partial charge in [-0.25, -0.2) is 0 Å². The fourth-order valence-electron chi connectivity index (χ4n) is 1.95. The molecule has 0 amide bonds. The van der Waals surface area contributed by atoms with Crippen LogP contribution in [0.2, 0.25) is 5.02 Å². The Kier molecular flexibility index (Phi) is 3.51. The van der Waals surface area contributed by atoms with E-state index in [1.54, 1.807) is 0 Å². The van der Waals surface area contributed by atoms with Gasteiger partial charge >= 0.3 is 0 Å². The number of hydrogen-bond donors (Lipinski definition) is 1. The quantitative estimate of drug-likeness (QED) is 0.848. The van der Waals surface area contributed by atoms with Crippen molar-refractivity contribution in [3.63, 3.8) is 0 Å². The monoisotopic (exact) mass is 245 g/mol. The number of benzene rings is 2. The molecule has 2 heteroatoms. The maximum Gasteiger partial charge on any atom is 0.0487 e. The van der Waals surface area contributed by atoms with E-state index in [0.29, 0.717) is 6.54 Å². The van der Waals surface area contributed by atoms with Crippen molar-refractivity contribution >= 4 is 11.6 Å². The van der Waals surface area contributed by atoms with E-state index >= 15 is 0 Å². The van der Waals surface area contributed by atoms with Crippen LogP contribution in [0.5, 0.6) is 0 Å². The van der Waals surface area contributed by atoms with Crippen molar-refractivity contribution in [2.45, 2.75) is 20.4 Å². The summed E-state index contributed by atoms with van der Waals surface area (Å²) in [5, 5.41) is 0.786. The smallest absolute Gasteiger partial charge is 0.0487 e. The van der Waals surface area contributed by atoms with Gasteiger partial charge in [-0.15, -0.1) is 0 Å². The summed E-state index contributed by atoms with van der Waals surface area (Å²) in [4.78, 5) is 0. The molecule has 0 bridgehead atoms. The van der Waals surface area contributed by atoms with Crippen molar-refractivity contribution in [1.82, 2.24) is 0 Å². The maximum absolute atomic E-state index is 6.32. The molecule has 0 aliphatic heterocycles. The maximum atomic E-state index is 6.32. The highest BCUT2D eigenvalue weighted by atomic mass is 35.5. The van der Waals surface area contributed by atoms with Gasteiger partial charge in [-0.3, -0.25) is 0 Å². The highest BCUT2D eigenvalue weighted by Crippen LogP contribution is 2.32. The number of hydrogen-bond acceptors (Lipinski definition) is 1. The predicted octanol–water partition coefficient (Wildman–Crippen LogP) is 4.08. The van der Waals surface area contributed by atoms with Gasteiger partial charge < -0.3 is 5.73 Å². The molecule has 0 atom stereocenters. The van der Waals surface area contributed by atoms with E-state index in [9.17, 15) is 0 Å². The Morgan fingerprint density at radius 1 is 1.00 bits per heavy atom. The minimum Gasteiger partial charge on any atom is -0.326 e. The van der Waals surface area contributed by atoms with Crippen LogP contribution in [-0.4, -0.2) is 0 Å². The molecule has 0 fully saturated rings. The summed E-state index contributed by atoms with van der Waals surface area (Å²) in [7, 11) is 0. The molecule has 2 aromatic carbocycles. The fourth-order valence-corrected chi connectivity index (χ4v) is 2.27. The summed E-state index contributed by atoms with van der Waals surface area (Å²) in [6.45, 7) is 4.69. The molecule has 2 rings (SSSR count). The van der Waals surface area contributed by atoms with Crippen molar-refractivity contribution in [2.24, 2.45) is 5.73 Å². The Morgan fingerprint density at radius 2 is 1.65 bits per heavy atom. The lowest BCUT2D eigenvalue weighted by molar-refractivity contribution is 1.07. The average molecular weight is 246 g/mol. The first-order valence-corrected chi connectivity index (χ1v) is 6.06. The minimum atomic E-state index is 0.527. The third kappa shape index (κ3) is 2.36. The first-order chi connectivity index (χ1) is 8.13. The van der Waals surface area contributed by atoms with Gasteiger partial charge in [-0.2, -0.15) is 0 Å². The summed E-state index contributed by atoms with van der Waals surface area (Å²) in [6.07, 6.45) is 0. The molecule has 0 saturated heterocycles. The van der Waals surface area contributed by atoms with Crippen LogP contribution in [0.25, 0.3) is 11.1 Å². The largest absolute Gasteiger partial charge is 0.326 e. The Bertz CT molecular complexity index is 547. The van der Waals surface area contributed by atoms with Crippen LogP contribution in [-0.2, 0) is 6.54 Å². The van der Waals surface area contributed by atoms with Crippen LogP contribution < -0.4 is 5.73 Å². The number of halogens is 1. The summed E-state index contributed by atoms with van der Waals surface area (Å²) in [6, 6.07) is 12.3. The molecule has 0 aromatic heterocycles. The standard InChI is InChI=1S/C15H16ClN/c1-10-7-14(15(16)8-11(10)2)13-6-4-3-5-12(13)9-17/h3-8H,9,17H2,1-2H3. The van der Waals surface area contributed by atoms with Gasteiger partial charge in [0.2, 0.25) is 0 Å². The van der Waals surface area contributed by atoms with Crippen LogP contribution in [0.15, 0.2) is 36.4 Å². The Balaban J connectivity index is 2.64. The highest BCUT2D eigenvalue weighted by molar-refractivity contribution is 6.33. The molecule has 0 saturated carbocycles. The molecule has 0 radical (unpaired) electrons.